The molecule has 0 aliphatic heterocycles. The number of hydrogen-bond acceptors (Lipinski definition) is 1. The maximum atomic E-state index is 6.09. The molecular weight excluding hydrogens is 412 g/mol. The van der Waals surface area contributed by atoms with Gasteiger partial charge in [0, 0.05) is 0 Å². The number of rotatable bonds is 16. The summed E-state index contributed by atoms with van der Waals surface area (Å²) < 4.78 is 6.09. The Morgan fingerprint density at radius 2 is 1.09 bits per heavy atom. The highest BCUT2D eigenvalue weighted by Gasteiger charge is 2.21. The molecule has 1 aromatic carbocycles. The van der Waals surface area contributed by atoms with Gasteiger partial charge in [-0.25, -0.2) is 0 Å². The summed E-state index contributed by atoms with van der Waals surface area (Å²) in [6.07, 6.45) is 28.5. The maximum absolute atomic E-state index is 6.09. The number of benzene rings is 1. The molecule has 2 aliphatic rings. The van der Waals surface area contributed by atoms with E-state index >= 15 is 0 Å². The summed E-state index contributed by atoms with van der Waals surface area (Å²) in [4.78, 5) is 0. The van der Waals surface area contributed by atoms with Crippen molar-refractivity contribution >= 4 is 0 Å². The Labute approximate surface area is 212 Å². The van der Waals surface area contributed by atoms with Gasteiger partial charge in [-0.2, -0.15) is 0 Å². The number of hydrogen-bond donors (Lipinski definition) is 0. The second kappa shape index (κ2) is 16.6. The van der Waals surface area contributed by atoms with Gasteiger partial charge in [0.25, 0.3) is 0 Å². The Hall–Kier alpha value is -0.980. The monoisotopic (exact) mass is 468 g/mol. The average Bonchev–Trinajstić information content (AvgIpc) is 2.88. The first-order valence-electron chi connectivity index (χ1n) is 15.5. The summed E-state index contributed by atoms with van der Waals surface area (Å²) >= 11 is 0. The van der Waals surface area contributed by atoms with Crippen LogP contribution >= 0.6 is 0 Å². The van der Waals surface area contributed by atoms with Crippen molar-refractivity contribution in [3.8, 4) is 5.75 Å². The van der Waals surface area contributed by atoms with E-state index in [1.165, 1.54) is 134 Å². The Balaban J connectivity index is 1.20. The zero-order valence-electron chi connectivity index (χ0n) is 22.9. The molecule has 0 bridgehead atoms. The van der Waals surface area contributed by atoms with Gasteiger partial charge >= 0.3 is 0 Å². The van der Waals surface area contributed by atoms with Gasteiger partial charge in [0.1, 0.15) is 5.75 Å². The molecule has 0 radical (unpaired) electrons. The Kier molecular flexibility index (Phi) is 13.5. The zero-order valence-corrected chi connectivity index (χ0v) is 22.9. The molecule has 0 atom stereocenters. The predicted octanol–water partition coefficient (Wildman–Crippen LogP) is 10.6. The third-order valence-electron chi connectivity index (χ3n) is 9.14. The van der Waals surface area contributed by atoms with E-state index in [9.17, 15) is 0 Å². The third kappa shape index (κ3) is 10.7. The lowest BCUT2D eigenvalue weighted by molar-refractivity contribution is 0.228. The fourth-order valence-corrected chi connectivity index (χ4v) is 6.75. The SMILES string of the molecule is CCCCCCCC1CCC(CCCOc2ccc(CCC3CCC(CCC)CC3)cc2)CC1. The quantitative estimate of drug-likeness (QED) is 0.219. The van der Waals surface area contributed by atoms with E-state index in [0.29, 0.717) is 0 Å². The van der Waals surface area contributed by atoms with E-state index in [2.05, 4.69) is 38.1 Å². The van der Waals surface area contributed by atoms with E-state index < -0.39 is 0 Å². The second-order valence-corrected chi connectivity index (χ2v) is 11.9. The molecule has 2 fully saturated rings. The van der Waals surface area contributed by atoms with Crippen LogP contribution in [0.25, 0.3) is 0 Å². The minimum absolute atomic E-state index is 0.887. The van der Waals surface area contributed by atoms with Gasteiger partial charge in [-0.3, -0.25) is 0 Å². The Morgan fingerprint density at radius 3 is 1.68 bits per heavy atom. The molecule has 2 aliphatic carbocycles. The first-order chi connectivity index (χ1) is 16.8. The van der Waals surface area contributed by atoms with Gasteiger partial charge in [0.05, 0.1) is 6.61 Å². The van der Waals surface area contributed by atoms with Gasteiger partial charge in [0.2, 0.25) is 0 Å². The molecule has 0 N–H and O–H groups in total. The topological polar surface area (TPSA) is 9.23 Å². The van der Waals surface area contributed by atoms with Crippen LogP contribution in [0.4, 0.5) is 0 Å². The molecule has 194 valence electrons. The molecule has 1 nitrogen and oxygen atoms in total. The number of aryl methyl sites for hydroxylation is 1. The van der Waals surface area contributed by atoms with Crippen LogP contribution < -0.4 is 4.74 Å². The second-order valence-electron chi connectivity index (χ2n) is 11.9. The summed E-state index contributed by atoms with van der Waals surface area (Å²) in [5, 5.41) is 0. The van der Waals surface area contributed by atoms with Gasteiger partial charge in [-0.15, -0.1) is 0 Å². The van der Waals surface area contributed by atoms with Crippen LogP contribution in [-0.4, -0.2) is 6.61 Å². The van der Waals surface area contributed by atoms with Crippen LogP contribution in [0.3, 0.4) is 0 Å². The molecule has 0 heterocycles. The fourth-order valence-electron chi connectivity index (χ4n) is 6.75. The first-order valence-corrected chi connectivity index (χ1v) is 15.5. The lowest BCUT2D eigenvalue weighted by atomic mass is 9.78. The minimum atomic E-state index is 0.887. The highest BCUT2D eigenvalue weighted by atomic mass is 16.5. The van der Waals surface area contributed by atoms with Gasteiger partial charge in [0.15, 0.2) is 0 Å². The summed E-state index contributed by atoms with van der Waals surface area (Å²) in [6.45, 7) is 5.53. The Morgan fingerprint density at radius 1 is 0.559 bits per heavy atom. The van der Waals surface area contributed by atoms with Crippen molar-refractivity contribution in [1.82, 2.24) is 0 Å². The summed E-state index contributed by atoms with van der Waals surface area (Å²) in [7, 11) is 0. The molecule has 0 spiro atoms. The van der Waals surface area contributed by atoms with Gasteiger partial charge in [-0.1, -0.05) is 129 Å². The van der Waals surface area contributed by atoms with Crippen molar-refractivity contribution < 1.29 is 4.74 Å². The summed E-state index contributed by atoms with van der Waals surface area (Å²) in [5.74, 6) is 5.04. The van der Waals surface area contributed by atoms with Gasteiger partial charge in [-0.05, 0) is 67.1 Å². The molecule has 34 heavy (non-hydrogen) atoms. The smallest absolute Gasteiger partial charge is 0.119 e. The van der Waals surface area contributed by atoms with E-state index in [0.717, 1.165) is 36.0 Å². The van der Waals surface area contributed by atoms with Crippen molar-refractivity contribution in [2.75, 3.05) is 6.61 Å². The van der Waals surface area contributed by atoms with E-state index in [4.69, 9.17) is 4.74 Å². The van der Waals surface area contributed by atoms with Crippen molar-refractivity contribution in [1.29, 1.82) is 0 Å². The molecule has 0 aromatic heterocycles. The van der Waals surface area contributed by atoms with Crippen molar-refractivity contribution in [3.63, 3.8) is 0 Å². The largest absolute Gasteiger partial charge is 0.494 e. The van der Waals surface area contributed by atoms with Crippen LogP contribution in [0.2, 0.25) is 0 Å². The highest BCUT2D eigenvalue weighted by molar-refractivity contribution is 5.27. The Bertz CT molecular complexity index is 604. The normalized spacial score (nSPS) is 25.4. The summed E-state index contributed by atoms with van der Waals surface area (Å²) in [5.41, 5.74) is 1.49. The van der Waals surface area contributed by atoms with Crippen LogP contribution in [0.5, 0.6) is 5.75 Å². The lowest BCUT2D eigenvalue weighted by Gasteiger charge is -2.28. The third-order valence-corrected chi connectivity index (χ3v) is 9.14. The van der Waals surface area contributed by atoms with Crippen molar-refractivity contribution in [3.05, 3.63) is 29.8 Å². The first kappa shape index (κ1) is 27.6. The molecule has 1 heteroatoms. The molecule has 0 saturated heterocycles. The molecule has 0 unspecified atom stereocenters. The maximum Gasteiger partial charge on any atom is 0.119 e. The van der Waals surface area contributed by atoms with Crippen LogP contribution in [0.1, 0.15) is 141 Å². The molecule has 3 rings (SSSR count). The number of unbranched alkanes of at least 4 members (excludes halogenated alkanes) is 4. The van der Waals surface area contributed by atoms with Crippen LogP contribution in [0.15, 0.2) is 24.3 Å². The molecule has 2 saturated carbocycles. The van der Waals surface area contributed by atoms with E-state index in [1.807, 2.05) is 0 Å². The molecule has 1 aromatic rings. The number of ether oxygens (including phenoxy) is 1. The average molecular weight is 469 g/mol. The minimum Gasteiger partial charge on any atom is -0.494 e. The van der Waals surface area contributed by atoms with E-state index in [-0.39, 0.29) is 0 Å². The van der Waals surface area contributed by atoms with Crippen LogP contribution in [0, 0.1) is 23.7 Å². The molecule has 0 amide bonds. The van der Waals surface area contributed by atoms with E-state index in [1.54, 1.807) is 0 Å². The predicted molar refractivity (Wildman–Crippen MR) is 149 cm³/mol. The van der Waals surface area contributed by atoms with Crippen molar-refractivity contribution in [2.45, 2.75) is 142 Å². The fraction of sp³-hybridized carbons (Fsp3) is 0.818. The standard InChI is InChI=1S/C33H56O/c1-3-5-6-7-8-11-29-15-17-30(18-16-29)12-9-27-34-33-25-23-32(24-26-33)22-21-31-19-13-28(10-4-2)14-20-31/h23-26,28-31H,3-22,27H2,1-2H3. The van der Waals surface area contributed by atoms with Crippen LogP contribution in [-0.2, 0) is 6.42 Å². The van der Waals surface area contributed by atoms with Gasteiger partial charge < -0.3 is 4.74 Å². The van der Waals surface area contributed by atoms with Crippen molar-refractivity contribution in [2.24, 2.45) is 23.7 Å². The summed E-state index contributed by atoms with van der Waals surface area (Å²) in [6, 6.07) is 9.03. The highest BCUT2D eigenvalue weighted by Crippen LogP contribution is 2.35. The lowest BCUT2D eigenvalue weighted by Crippen LogP contribution is -2.15. The molecular formula is C33H56O. The zero-order chi connectivity index (χ0) is 23.8.